The minimum Gasteiger partial charge on any atom is -0.324 e. The van der Waals surface area contributed by atoms with Crippen molar-refractivity contribution >= 4 is 17.5 Å². The van der Waals surface area contributed by atoms with E-state index in [1.54, 1.807) is 0 Å². The molecule has 5 heteroatoms. The van der Waals surface area contributed by atoms with Gasteiger partial charge in [0.1, 0.15) is 6.04 Å². The number of hydrogen-bond acceptors (Lipinski definition) is 3. The molecule has 1 rings (SSSR count). The first-order valence-electron chi connectivity index (χ1n) is 5.61. The maximum absolute atomic E-state index is 12.1. The predicted molar refractivity (Wildman–Crippen MR) is 62.8 cm³/mol. The number of nitriles is 1. The minimum atomic E-state index is -0.525. The third kappa shape index (κ3) is 2.66. The molecule has 1 fully saturated rings. The highest BCUT2D eigenvalue weighted by Crippen LogP contribution is 2.23. The normalized spacial score (nSPS) is 28.6. The van der Waals surface area contributed by atoms with Crippen LogP contribution in [-0.4, -0.2) is 34.8 Å². The Balaban J connectivity index is 2.70. The quantitative estimate of drug-likeness (QED) is 0.755. The second-order valence-electron chi connectivity index (χ2n) is 4.38. The van der Waals surface area contributed by atoms with Gasteiger partial charge in [-0.3, -0.25) is 4.79 Å². The molecule has 4 nitrogen and oxygen atoms in total. The second kappa shape index (κ2) is 5.51. The topological polar surface area (TPSA) is 70.1 Å². The van der Waals surface area contributed by atoms with Gasteiger partial charge in [0.05, 0.1) is 17.5 Å². The Morgan fingerprint density at radius 2 is 2.38 bits per heavy atom. The van der Waals surface area contributed by atoms with Crippen molar-refractivity contribution in [3.05, 3.63) is 0 Å². The summed E-state index contributed by atoms with van der Waals surface area (Å²) in [7, 11) is 0. The van der Waals surface area contributed by atoms with E-state index in [-0.39, 0.29) is 17.2 Å². The standard InChI is InChI=1S/C11H18ClN3O/c1-3-7(2)10(14)11(16)15-6-8(12)4-9(15)5-13/h7-10H,3-4,6,14H2,1-2H3/t7-,8-,9-,10-/m0/s1. The molecule has 4 atom stereocenters. The number of carbonyl (C=O) groups excluding carboxylic acids is 1. The molecule has 0 aromatic carbocycles. The van der Waals surface area contributed by atoms with Gasteiger partial charge < -0.3 is 10.6 Å². The summed E-state index contributed by atoms with van der Waals surface area (Å²) in [5.74, 6) is -0.0229. The maximum atomic E-state index is 12.1. The van der Waals surface area contributed by atoms with Crippen LogP contribution >= 0.6 is 11.6 Å². The minimum absolute atomic E-state index is 0.126. The van der Waals surface area contributed by atoms with Crippen LogP contribution in [0.2, 0.25) is 0 Å². The van der Waals surface area contributed by atoms with Crippen LogP contribution in [0.1, 0.15) is 26.7 Å². The van der Waals surface area contributed by atoms with Gasteiger partial charge in [-0.15, -0.1) is 11.6 Å². The lowest BCUT2D eigenvalue weighted by molar-refractivity contribution is -0.133. The van der Waals surface area contributed by atoms with Crippen LogP contribution in [0.4, 0.5) is 0 Å². The van der Waals surface area contributed by atoms with Crippen molar-refractivity contribution in [2.75, 3.05) is 6.54 Å². The summed E-state index contributed by atoms with van der Waals surface area (Å²) in [5.41, 5.74) is 5.87. The molecule has 0 aromatic rings. The number of carbonyl (C=O) groups is 1. The lowest BCUT2D eigenvalue weighted by Gasteiger charge is -2.26. The van der Waals surface area contributed by atoms with E-state index < -0.39 is 12.1 Å². The average molecular weight is 244 g/mol. The summed E-state index contributed by atoms with van der Waals surface area (Å²) in [6.07, 6.45) is 1.39. The van der Waals surface area contributed by atoms with Crippen molar-refractivity contribution in [3.63, 3.8) is 0 Å². The number of nitrogens with two attached hydrogens (primary N) is 1. The van der Waals surface area contributed by atoms with Crippen molar-refractivity contribution in [2.45, 2.75) is 44.1 Å². The van der Waals surface area contributed by atoms with Gasteiger partial charge in [-0.05, 0) is 12.3 Å². The summed E-state index contributed by atoms with van der Waals surface area (Å²) in [5, 5.41) is 8.81. The van der Waals surface area contributed by atoms with Crippen LogP contribution in [0.15, 0.2) is 0 Å². The van der Waals surface area contributed by atoms with Crippen molar-refractivity contribution in [2.24, 2.45) is 11.7 Å². The summed E-state index contributed by atoms with van der Waals surface area (Å²) >= 11 is 5.96. The van der Waals surface area contributed by atoms with Crippen LogP contribution in [0.25, 0.3) is 0 Å². The Morgan fingerprint density at radius 3 is 2.88 bits per heavy atom. The van der Waals surface area contributed by atoms with Crippen LogP contribution in [-0.2, 0) is 4.79 Å². The molecule has 0 aromatic heterocycles. The van der Waals surface area contributed by atoms with E-state index in [9.17, 15) is 4.79 Å². The molecular weight excluding hydrogens is 226 g/mol. The summed E-state index contributed by atoms with van der Waals surface area (Å²) < 4.78 is 0. The molecule has 0 unspecified atom stereocenters. The number of alkyl halides is 1. The number of halogens is 1. The fourth-order valence-corrected chi connectivity index (χ4v) is 2.16. The molecule has 1 heterocycles. The Bertz CT molecular complexity index is 302. The number of likely N-dealkylation sites (tertiary alicyclic amines) is 1. The van der Waals surface area contributed by atoms with Crippen LogP contribution < -0.4 is 5.73 Å². The van der Waals surface area contributed by atoms with Gasteiger partial charge in [0.2, 0.25) is 5.91 Å². The molecule has 0 spiro atoms. The third-order valence-electron chi connectivity index (χ3n) is 3.22. The van der Waals surface area contributed by atoms with Crippen molar-refractivity contribution < 1.29 is 4.79 Å². The maximum Gasteiger partial charge on any atom is 0.240 e. The first-order chi connectivity index (χ1) is 7.51. The van der Waals surface area contributed by atoms with Gasteiger partial charge in [0.15, 0.2) is 0 Å². The van der Waals surface area contributed by atoms with E-state index in [1.807, 2.05) is 13.8 Å². The Morgan fingerprint density at radius 1 is 1.75 bits per heavy atom. The van der Waals surface area contributed by atoms with E-state index in [4.69, 9.17) is 22.6 Å². The lowest BCUT2D eigenvalue weighted by atomic mass is 9.99. The third-order valence-corrected chi connectivity index (χ3v) is 3.54. The average Bonchev–Trinajstić information content (AvgIpc) is 2.67. The largest absolute Gasteiger partial charge is 0.324 e. The van der Waals surface area contributed by atoms with E-state index in [1.165, 1.54) is 4.90 Å². The summed E-state index contributed by atoms with van der Waals surface area (Å²) in [6, 6.07) is 1.17. The van der Waals surface area contributed by atoms with Crippen LogP contribution in [0.3, 0.4) is 0 Å². The summed E-state index contributed by atoms with van der Waals surface area (Å²) in [6.45, 7) is 4.37. The zero-order chi connectivity index (χ0) is 12.3. The Labute approximate surface area is 101 Å². The molecule has 2 N–H and O–H groups in total. The first-order valence-corrected chi connectivity index (χ1v) is 6.04. The van der Waals surface area contributed by atoms with Gasteiger partial charge in [-0.2, -0.15) is 5.26 Å². The van der Waals surface area contributed by atoms with E-state index in [2.05, 4.69) is 6.07 Å². The molecule has 0 bridgehead atoms. The van der Waals surface area contributed by atoms with E-state index in [0.717, 1.165) is 6.42 Å². The molecule has 16 heavy (non-hydrogen) atoms. The molecule has 1 amide bonds. The predicted octanol–water partition coefficient (Wildman–Crippen LogP) is 1.09. The fourth-order valence-electron chi connectivity index (χ4n) is 1.84. The SMILES string of the molecule is CC[C@H](C)[C@H](N)C(=O)N1C[C@@H](Cl)C[C@H]1C#N. The fraction of sp³-hybridized carbons (Fsp3) is 0.818. The first kappa shape index (κ1) is 13.3. The van der Waals surface area contributed by atoms with Gasteiger partial charge >= 0.3 is 0 Å². The van der Waals surface area contributed by atoms with Gasteiger partial charge in [-0.25, -0.2) is 0 Å². The van der Waals surface area contributed by atoms with Crippen molar-refractivity contribution in [1.29, 1.82) is 5.26 Å². The zero-order valence-electron chi connectivity index (χ0n) is 9.69. The van der Waals surface area contributed by atoms with Gasteiger partial charge in [0.25, 0.3) is 0 Å². The van der Waals surface area contributed by atoms with Crippen molar-refractivity contribution in [3.8, 4) is 6.07 Å². The zero-order valence-corrected chi connectivity index (χ0v) is 10.4. The molecular formula is C11H18ClN3O. The highest BCUT2D eigenvalue weighted by atomic mass is 35.5. The van der Waals surface area contributed by atoms with E-state index in [0.29, 0.717) is 13.0 Å². The molecule has 1 aliphatic rings. The van der Waals surface area contributed by atoms with E-state index >= 15 is 0 Å². The molecule has 0 radical (unpaired) electrons. The Hall–Kier alpha value is -0.790. The highest BCUT2D eigenvalue weighted by molar-refractivity contribution is 6.21. The molecule has 1 saturated heterocycles. The van der Waals surface area contributed by atoms with Crippen molar-refractivity contribution in [1.82, 2.24) is 4.90 Å². The Kier molecular flexibility index (Phi) is 4.57. The van der Waals surface area contributed by atoms with Gasteiger partial charge in [0, 0.05) is 6.54 Å². The smallest absolute Gasteiger partial charge is 0.240 e. The molecule has 90 valence electrons. The van der Waals surface area contributed by atoms with Gasteiger partial charge in [-0.1, -0.05) is 20.3 Å². The van der Waals surface area contributed by atoms with Crippen LogP contribution in [0, 0.1) is 17.2 Å². The number of amides is 1. The number of rotatable bonds is 3. The molecule has 0 aliphatic carbocycles. The lowest BCUT2D eigenvalue weighted by Crippen LogP contribution is -2.48. The molecule has 0 saturated carbocycles. The summed E-state index contributed by atoms with van der Waals surface area (Å²) in [4.78, 5) is 13.6. The van der Waals surface area contributed by atoms with Crippen LogP contribution in [0.5, 0.6) is 0 Å². The second-order valence-corrected chi connectivity index (χ2v) is 5.00. The monoisotopic (exact) mass is 243 g/mol. The number of nitrogens with zero attached hydrogens (tertiary/aromatic N) is 2. The molecule has 1 aliphatic heterocycles. The number of hydrogen-bond donors (Lipinski definition) is 1. The highest BCUT2D eigenvalue weighted by Gasteiger charge is 2.37.